The topological polar surface area (TPSA) is 122 Å². The molecule has 0 saturated carbocycles. The third-order valence-corrected chi connectivity index (χ3v) is 5.96. The van der Waals surface area contributed by atoms with Crippen molar-refractivity contribution in [3.05, 3.63) is 71.4 Å². The fraction of sp³-hybridized carbons (Fsp3) is 0.250. The number of carbonyl (C=O) groups is 3. The molecule has 2 aromatic carbocycles. The van der Waals surface area contributed by atoms with Gasteiger partial charge in [-0.3, -0.25) is 10.1 Å². The monoisotopic (exact) mass is 449 g/mol. The number of carbonyl (C=O) groups excluding carboxylic acids is 2. The van der Waals surface area contributed by atoms with Crippen LogP contribution in [0.2, 0.25) is 0 Å². The van der Waals surface area contributed by atoms with Crippen LogP contribution in [-0.2, 0) is 9.53 Å². The maximum Gasteiger partial charge on any atom is 0.414 e. The molecule has 0 atom stereocenters. The smallest absolute Gasteiger partial charge is 0.414 e. The number of benzene rings is 2. The van der Waals surface area contributed by atoms with Gasteiger partial charge in [-0.2, -0.15) is 0 Å². The summed E-state index contributed by atoms with van der Waals surface area (Å²) in [4.78, 5) is 37.3. The van der Waals surface area contributed by atoms with Gasteiger partial charge in [0, 0.05) is 19.0 Å². The van der Waals surface area contributed by atoms with Crippen LogP contribution in [0.15, 0.2) is 59.1 Å². The molecule has 0 bridgehead atoms. The highest BCUT2D eigenvalue weighted by Crippen LogP contribution is 2.44. The van der Waals surface area contributed by atoms with Gasteiger partial charge in [0.05, 0.1) is 0 Å². The zero-order chi connectivity index (χ0) is 23.8. The van der Waals surface area contributed by atoms with Gasteiger partial charge in [0.15, 0.2) is 5.69 Å². The minimum atomic E-state index is -1.45. The molecule has 0 spiro atoms. The number of carboxylic acids is 1. The Balaban J connectivity index is 1.40. The van der Waals surface area contributed by atoms with E-state index in [9.17, 15) is 19.5 Å². The van der Waals surface area contributed by atoms with E-state index in [2.05, 4.69) is 10.5 Å². The molecule has 3 aromatic rings. The molecule has 1 aliphatic rings. The summed E-state index contributed by atoms with van der Waals surface area (Å²) in [5.41, 5.74) is 2.83. The van der Waals surface area contributed by atoms with Crippen molar-refractivity contribution in [2.45, 2.75) is 25.3 Å². The van der Waals surface area contributed by atoms with Gasteiger partial charge in [0.2, 0.25) is 5.88 Å². The highest BCUT2D eigenvalue weighted by atomic mass is 16.6. The summed E-state index contributed by atoms with van der Waals surface area (Å²) < 4.78 is 10.4. The number of rotatable bonds is 6. The molecule has 0 unspecified atom stereocenters. The summed E-state index contributed by atoms with van der Waals surface area (Å²) in [6.07, 6.45) is -0.758. The number of nitrogens with zero attached hydrogens (tertiary/aromatic N) is 2. The van der Waals surface area contributed by atoms with Gasteiger partial charge in [0.1, 0.15) is 12.1 Å². The van der Waals surface area contributed by atoms with Crippen molar-refractivity contribution < 1.29 is 28.8 Å². The molecule has 1 aromatic heterocycles. The molecule has 1 aliphatic carbocycles. The molecule has 9 heteroatoms. The van der Waals surface area contributed by atoms with Crippen LogP contribution >= 0.6 is 0 Å². The molecule has 33 heavy (non-hydrogen) atoms. The second-order valence-corrected chi connectivity index (χ2v) is 8.26. The third-order valence-electron chi connectivity index (χ3n) is 5.96. The van der Waals surface area contributed by atoms with E-state index in [1.807, 2.05) is 48.5 Å². The maximum atomic E-state index is 12.5. The van der Waals surface area contributed by atoms with Gasteiger partial charge in [-0.05, 0) is 36.1 Å². The van der Waals surface area contributed by atoms with Crippen molar-refractivity contribution in [3.63, 3.8) is 0 Å². The lowest BCUT2D eigenvalue weighted by atomic mass is 9.98. The number of hydrogen-bond acceptors (Lipinski definition) is 6. The lowest BCUT2D eigenvalue weighted by molar-refractivity contribution is -0.147. The fourth-order valence-corrected chi connectivity index (χ4v) is 3.74. The van der Waals surface area contributed by atoms with Gasteiger partial charge >= 0.3 is 12.1 Å². The fourth-order valence-electron chi connectivity index (χ4n) is 3.74. The first-order chi connectivity index (χ1) is 15.7. The second kappa shape index (κ2) is 8.42. The highest BCUT2D eigenvalue weighted by molar-refractivity contribution is 5.97. The Kier molecular flexibility index (Phi) is 5.63. The van der Waals surface area contributed by atoms with Gasteiger partial charge in [0.25, 0.3) is 5.91 Å². The number of hydrogen-bond donors (Lipinski definition) is 2. The lowest BCUT2D eigenvalue weighted by Crippen LogP contribution is -2.50. The highest BCUT2D eigenvalue weighted by Gasteiger charge is 2.37. The molecule has 1 heterocycles. The largest absolute Gasteiger partial charge is 0.480 e. The molecule has 170 valence electrons. The zero-order valence-corrected chi connectivity index (χ0v) is 18.4. The number of anilines is 1. The Morgan fingerprint density at radius 1 is 1.09 bits per heavy atom. The van der Waals surface area contributed by atoms with E-state index in [4.69, 9.17) is 9.26 Å². The minimum absolute atomic E-state index is 0.0860. The van der Waals surface area contributed by atoms with Crippen LogP contribution in [0.3, 0.4) is 0 Å². The molecule has 0 fully saturated rings. The van der Waals surface area contributed by atoms with Gasteiger partial charge in [-0.25, -0.2) is 9.59 Å². The lowest BCUT2D eigenvalue weighted by Gasteiger charge is -2.30. The number of carboxylic acid groups (broad SMARTS) is 1. The Bertz CT molecular complexity index is 1190. The number of aliphatic carboxylic acids is 1. The van der Waals surface area contributed by atoms with Crippen LogP contribution in [0.25, 0.3) is 11.1 Å². The Morgan fingerprint density at radius 3 is 2.24 bits per heavy atom. The Morgan fingerprint density at radius 2 is 1.67 bits per heavy atom. The molecule has 2 amide bonds. The number of amides is 2. The van der Waals surface area contributed by atoms with Gasteiger partial charge < -0.3 is 19.3 Å². The number of aromatic nitrogens is 1. The first kappa shape index (κ1) is 22.1. The average Bonchev–Trinajstić information content (AvgIpc) is 3.39. The predicted octanol–water partition coefficient (Wildman–Crippen LogP) is 3.97. The first-order valence-corrected chi connectivity index (χ1v) is 10.3. The Labute approximate surface area is 189 Å². The zero-order valence-electron chi connectivity index (χ0n) is 18.4. The van der Waals surface area contributed by atoms with Crippen LogP contribution in [0.4, 0.5) is 10.7 Å². The van der Waals surface area contributed by atoms with E-state index in [0.717, 1.165) is 27.2 Å². The standard InChI is InChI=1S/C24H23N3O6/c1-24(2,22(29)30)27(3)21(28)19-12-20(33-26-19)25-23(31)32-13-18-16-10-6-4-8-14(16)15-9-5-7-11-17(15)18/h4-12,18H,13H2,1-3H3,(H,25,31)(H,29,30). The molecular weight excluding hydrogens is 426 g/mol. The van der Waals surface area contributed by atoms with Crippen LogP contribution in [0.5, 0.6) is 0 Å². The molecule has 2 N–H and O–H groups in total. The average molecular weight is 449 g/mol. The van der Waals surface area contributed by atoms with Crippen molar-refractivity contribution in [3.8, 4) is 11.1 Å². The summed E-state index contributed by atoms with van der Waals surface area (Å²) in [6.45, 7) is 2.90. The van der Waals surface area contributed by atoms with Crippen LogP contribution in [0, 0.1) is 0 Å². The number of nitrogens with one attached hydrogen (secondary N) is 1. The second-order valence-electron chi connectivity index (χ2n) is 8.26. The van der Waals surface area contributed by atoms with E-state index >= 15 is 0 Å². The van der Waals surface area contributed by atoms with Crippen molar-refractivity contribution in [2.24, 2.45) is 0 Å². The molecule has 4 rings (SSSR count). The summed E-state index contributed by atoms with van der Waals surface area (Å²) in [7, 11) is 1.35. The summed E-state index contributed by atoms with van der Waals surface area (Å²) in [5.74, 6) is -2.01. The normalized spacial score (nSPS) is 12.6. The Hall–Kier alpha value is -4.14. The van der Waals surface area contributed by atoms with Crippen LogP contribution in [0.1, 0.15) is 41.4 Å². The third kappa shape index (κ3) is 4.05. The minimum Gasteiger partial charge on any atom is -0.480 e. The summed E-state index contributed by atoms with van der Waals surface area (Å²) >= 11 is 0. The first-order valence-electron chi connectivity index (χ1n) is 10.3. The molecule has 9 nitrogen and oxygen atoms in total. The van der Waals surface area contributed by atoms with Crippen molar-refractivity contribution >= 4 is 23.9 Å². The molecule has 0 saturated heterocycles. The predicted molar refractivity (Wildman–Crippen MR) is 119 cm³/mol. The summed E-state index contributed by atoms with van der Waals surface area (Å²) in [5, 5.41) is 15.3. The van der Waals surface area contributed by atoms with E-state index in [1.165, 1.54) is 27.0 Å². The van der Waals surface area contributed by atoms with Crippen molar-refractivity contribution in [1.82, 2.24) is 10.1 Å². The number of ether oxygens (including phenoxy) is 1. The SMILES string of the molecule is CN(C(=O)c1cc(NC(=O)OCC2c3ccccc3-c3ccccc32)on1)C(C)(C)C(=O)O. The summed E-state index contributed by atoms with van der Waals surface area (Å²) in [6, 6.07) is 17.2. The number of likely N-dealkylation sites (N-methyl/N-ethyl adjacent to an activating group) is 1. The van der Waals surface area contributed by atoms with E-state index < -0.39 is 23.5 Å². The van der Waals surface area contributed by atoms with Gasteiger partial charge in [-0.15, -0.1) is 0 Å². The van der Waals surface area contributed by atoms with E-state index in [1.54, 1.807) is 0 Å². The maximum absolute atomic E-state index is 12.5. The van der Waals surface area contributed by atoms with Gasteiger partial charge in [-0.1, -0.05) is 53.7 Å². The van der Waals surface area contributed by atoms with E-state index in [0.29, 0.717) is 0 Å². The molecule has 0 aliphatic heterocycles. The molecule has 0 radical (unpaired) electrons. The molecular formula is C24H23N3O6. The number of fused-ring (bicyclic) bond motifs is 3. The van der Waals surface area contributed by atoms with Crippen LogP contribution < -0.4 is 5.32 Å². The van der Waals surface area contributed by atoms with Crippen molar-refractivity contribution in [1.29, 1.82) is 0 Å². The van der Waals surface area contributed by atoms with E-state index in [-0.39, 0.29) is 24.1 Å². The quantitative estimate of drug-likeness (QED) is 0.584. The van der Waals surface area contributed by atoms with Crippen LogP contribution in [-0.4, -0.2) is 52.3 Å². The van der Waals surface area contributed by atoms with Crippen molar-refractivity contribution in [2.75, 3.05) is 19.0 Å².